The summed E-state index contributed by atoms with van der Waals surface area (Å²) in [5, 5.41) is 17.6. The molecule has 1 saturated heterocycles. The van der Waals surface area contributed by atoms with E-state index in [0.29, 0.717) is 24.3 Å². The number of alkyl halides is 2. The number of hydrogen-bond donors (Lipinski definition) is 2. The van der Waals surface area contributed by atoms with Gasteiger partial charge in [0.15, 0.2) is 15.8 Å². The van der Waals surface area contributed by atoms with E-state index < -0.39 is 32.6 Å². The Labute approximate surface area is 206 Å². The molecule has 5 rings (SSSR count). The second kappa shape index (κ2) is 8.43. The second-order valence-corrected chi connectivity index (χ2v) is 12.9. The Bertz CT molecular complexity index is 1350. The second-order valence-electron chi connectivity index (χ2n) is 10.2. The van der Waals surface area contributed by atoms with E-state index >= 15 is 0 Å². The van der Waals surface area contributed by atoms with Gasteiger partial charge in [-0.25, -0.2) is 26.9 Å². The number of rotatable bonds is 7. The molecule has 0 unspecified atom stereocenters. The van der Waals surface area contributed by atoms with E-state index in [0.717, 1.165) is 37.0 Å². The Morgan fingerprint density at radius 3 is 2.51 bits per heavy atom. The molecular formula is C22H28F2N6O3S2. The van der Waals surface area contributed by atoms with E-state index in [1.54, 1.807) is 16.7 Å². The van der Waals surface area contributed by atoms with Gasteiger partial charge in [0.2, 0.25) is 10.0 Å². The van der Waals surface area contributed by atoms with Gasteiger partial charge in [0.1, 0.15) is 4.90 Å². The summed E-state index contributed by atoms with van der Waals surface area (Å²) in [5.74, 6) is 0.388. The van der Waals surface area contributed by atoms with Crippen molar-refractivity contribution >= 4 is 32.6 Å². The third kappa shape index (κ3) is 4.78. The number of aliphatic hydroxyl groups is 1. The average molecular weight is 527 g/mol. The summed E-state index contributed by atoms with van der Waals surface area (Å²) in [6, 6.07) is 1.64. The van der Waals surface area contributed by atoms with Crippen LogP contribution in [0.1, 0.15) is 57.9 Å². The van der Waals surface area contributed by atoms with Gasteiger partial charge in [-0.05, 0) is 58.4 Å². The number of anilines is 1. The lowest BCUT2D eigenvalue weighted by Crippen LogP contribution is -2.42. The largest absolute Gasteiger partial charge is 0.390 e. The van der Waals surface area contributed by atoms with Crippen molar-refractivity contribution < 1.29 is 22.3 Å². The number of pyridine rings is 1. The van der Waals surface area contributed by atoms with Crippen molar-refractivity contribution in [3.05, 3.63) is 23.5 Å². The van der Waals surface area contributed by atoms with Gasteiger partial charge in [-0.1, -0.05) is 11.3 Å². The number of aromatic nitrogens is 4. The number of halogens is 2. The Balaban J connectivity index is 1.59. The van der Waals surface area contributed by atoms with Gasteiger partial charge in [0.05, 0.1) is 23.0 Å². The van der Waals surface area contributed by atoms with Crippen LogP contribution in [0.25, 0.3) is 16.3 Å². The van der Waals surface area contributed by atoms with Crippen molar-refractivity contribution in [2.45, 2.75) is 68.9 Å². The molecule has 1 aliphatic carbocycles. The molecule has 0 aromatic carbocycles. The van der Waals surface area contributed by atoms with Crippen LogP contribution in [0, 0.1) is 5.92 Å². The minimum Gasteiger partial charge on any atom is -0.390 e. The first kappa shape index (κ1) is 24.5. The predicted octanol–water partition coefficient (Wildman–Crippen LogP) is 3.61. The SMILES string of the molecule is CC1(NS(=O)(=O)c2cc(N3CCC(C(C)(C)O)CC3)c3cnc(-c4nnc(C(F)F)s4)n3c2)CC1. The van der Waals surface area contributed by atoms with Crippen LogP contribution < -0.4 is 9.62 Å². The molecule has 190 valence electrons. The quantitative estimate of drug-likeness (QED) is 0.484. The average Bonchev–Trinajstić information content (AvgIpc) is 3.18. The molecule has 0 bridgehead atoms. The molecule has 13 heteroatoms. The molecule has 0 spiro atoms. The van der Waals surface area contributed by atoms with Crippen molar-refractivity contribution in [2.24, 2.45) is 5.92 Å². The maximum Gasteiger partial charge on any atom is 0.291 e. The van der Waals surface area contributed by atoms with Crippen LogP contribution in [0.15, 0.2) is 23.4 Å². The standard InChI is InChI=1S/C22H28F2N6O3S2/c1-21(2,31)13-4-8-29(9-5-13)15-10-14(35(32,33)28-22(3)6-7-22)12-30-16(15)11-25-18(30)20-27-26-19(34-20)17(23)24/h10-13,17,28,31H,4-9H2,1-3H3. The zero-order valence-corrected chi connectivity index (χ0v) is 21.3. The van der Waals surface area contributed by atoms with E-state index in [4.69, 9.17) is 0 Å². The van der Waals surface area contributed by atoms with E-state index in [-0.39, 0.29) is 21.6 Å². The summed E-state index contributed by atoms with van der Waals surface area (Å²) in [7, 11) is -3.85. The molecule has 35 heavy (non-hydrogen) atoms. The first-order valence-corrected chi connectivity index (χ1v) is 13.8. The lowest BCUT2D eigenvalue weighted by Gasteiger charge is -2.39. The van der Waals surface area contributed by atoms with Crippen molar-refractivity contribution in [3.8, 4) is 10.8 Å². The Kier molecular flexibility index (Phi) is 5.89. The monoisotopic (exact) mass is 526 g/mol. The number of nitrogens with zero attached hydrogens (tertiary/aromatic N) is 5. The summed E-state index contributed by atoms with van der Waals surface area (Å²) < 4.78 is 57.2. The molecule has 3 aromatic heterocycles. The highest BCUT2D eigenvalue weighted by atomic mass is 32.2. The molecule has 2 fully saturated rings. The lowest BCUT2D eigenvalue weighted by atomic mass is 9.83. The van der Waals surface area contributed by atoms with Gasteiger partial charge in [-0.3, -0.25) is 4.40 Å². The number of fused-ring (bicyclic) bond motifs is 1. The summed E-state index contributed by atoms with van der Waals surface area (Å²) >= 11 is 0.729. The fraction of sp³-hybridized carbons (Fsp3) is 0.591. The third-order valence-corrected chi connectivity index (χ3v) is 9.47. The van der Waals surface area contributed by atoms with Crippen molar-refractivity contribution in [2.75, 3.05) is 18.0 Å². The summed E-state index contributed by atoms with van der Waals surface area (Å²) in [4.78, 5) is 6.56. The fourth-order valence-corrected chi connectivity index (χ4v) is 6.70. The van der Waals surface area contributed by atoms with Crippen LogP contribution >= 0.6 is 11.3 Å². The van der Waals surface area contributed by atoms with Crippen LogP contribution in [0.5, 0.6) is 0 Å². The minimum atomic E-state index is -3.85. The van der Waals surface area contributed by atoms with Gasteiger partial charge in [0, 0.05) is 24.8 Å². The number of nitrogens with one attached hydrogen (secondary N) is 1. The van der Waals surface area contributed by atoms with Crippen LogP contribution in [0.3, 0.4) is 0 Å². The molecule has 9 nitrogen and oxygen atoms in total. The first-order valence-electron chi connectivity index (χ1n) is 11.5. The maximum atomic E-state index is 13.3. The van der Waals surface area contributed by atoms with Crippen molar-refractivity contribution in [1.29, 1.82) is 0 Å². The normalized spacial score (nSPS) is 19.1. The minimum absolute atomic E-state index is 0.0654. The number of hydrogen-bond acceptors (Lipinski definition) is 8. The number of piperidine rings is 1. The molecule has 2 aliphatic rings. The van der Waals surface area contributed by atoms with Crippen molar-refractivity contribution in [1.82, 2.24) is 24.3 Å². The van der Waals surface area contributed by atoms with Gasteiger partial charge in [-0.15, -0.1) is 10.2 Å². The van der Waals surface area contributed by atoms with Crippen molar-refractivity contribution in [3.63, 3.8) is 0 Å². The van der Waals surface area contributed by atoms with Crippen LogP contribution in [-0.2, 0) is 10.0 Å². The highest BCUT2D eigenvalue weighted by molar-refractivity contribution is 7.89. The van der Waals surface area contributed by atoms with Gasteiger partial charge < -0.3 is 10.0 Å². The van der Waals surface area contributed by atoms with E-state index in [2.05, 4.69) is 24.8 Å². The molecule has 3 aromatic rings. The smallest absolute Gasteiger partial charge is 0.291 e. The number of imidazole rings is 1. The highest BCUT2D eigenvalue weighted by Crippen LogP contribution is 2.38. The summed E-state index contributed by atoms with van der Waals surface area (Å²) in [6.07, 6.45) is 3.34. The Hall–Kier alpha value is -2.22. The number of sulfonamides is 1. The molecule has 4 heterocycles. The topological polar surface area (TPSA) is 113 Å². The van der Waals surface area contributed by atoms with Crippen LogP contribution in [-0.4, -0.2) is 57.3 Å². The van der Waals surface area contributed by atoms with Crippen LogP contribution in [0.2, 0.25) is 0 Å². The van der Waals surface area contributed by atoms with E-state index in [1.165, 1.54) is 6.20 Å². The molecular weight excluding hydrogens is 498 g/mol. The van der Waals surface area contributed by atoms with Crippen LogP contribution in [0.4, 0.5) is 14.5 Å². The molecule has 0 radical (unpaired) electrons. The Morgan fingerprint density at radius 1 is 1.26 bits per heavy atom. The first-order chi connectivity index (χ1) is 16.4. The summed E-state index contributed by atoms with van der Waals surface area (Å²) in [6.45, 7) is 6.74. The fourth-order valence-electron chi connectivity index (χ4n) is 4.53. The zero-order chi connectivity index (χ0) is 25.2. The van der Waals surface area contributed by atoms with Gasteiger partial charge >= 0.3 is 0 Å². The zero-order valence-electron chi connectivity index (χ0n) is 19.7. The maximum absolute atomic E-state index is 13.3. The lowest BCUT2D eigenvalue weighted by molar-refractivity contribution is 0.00653. The van der Waals surface area contributed by atoms with Gasteiger partial charge in [-0.2, -0.15) is 0 Å². The van der Waals surface area contributed by atoms with E-state index in [1.807, 2.05) is 20.8 Å². The molecule has 1 saturated carbocycles. The van der Waals surface area contributed by atoms with E-state index in [9.17, 15) is 22.3 Å². The third-order valence-electron chi connectivity index (χ3n) is 6.94. The summed E-state index contributed by atoms with van der Waals surface area (Å²) in [5.41, 5.74) is 0.0788. The molecule has 0 atom stereocenters. The molecule has 1 aliphatic heterocycles. The Morgan fingerprint density at radius 2 is 1.94 bits per heavy atom. The highest BCUT2D eigenvalue weighted by Gasteiger charge is 2.41. The predicted molar refractivity (Wildman–Crippen MR) is 128 cm³/mol. The molecule has 2 N–H and O–H groups in total. The molecule has 0 amide bonds. The van der Waals surface area contributed by atoms with Gasteiger partial charge in [0.25, 0.3) is 6.43 Å².